The first-order valence-electron chi connectivity index (χ1n) is 6.67. The Kier molecular flexibility index (Phi) is 3.91. The summed E-state index contributed by atoms with van der Waals surface area (Å²) in [6.45, 7) is 0. The Hall–Kier alpha value is -3.02. The van der Waals surface area contributed by atoms with Crippen LogP contribution in [0.1, 0.15) is 0 Å². The molecule has 1 aromatic heterocycles. The van der Waals surface area contributed by atoms with Gasteiger partial charge in [-0.15, -0.1) is 0 Å². The molecule has 6 nitrogen and oxygen atoms in total. The van der Waals surface area contributed by atoms with Crippen molar-refractivity contribution in [3.05, 3.63) is 48.5 Å². The van der Waals surface area contributed by atoms with E-state index in [0.717, 1.165) is 22.7 Å². The molecule has 0 unspecified atom stereocenters. The van der Waals surface area contributed by atoms with Crippen LogP contribution in [-0.2, 0) is 0 Å². The minimum atomic E-state index is 0.311. The third kappa shape index (κ3) is 3.01. The van der Waals surface area contributed by atoms with Gasteiger partial charge in [-0.05, 0) is 24.3 Å². The Bertz CT molecular complexity index is 771. The van der Waals surface area contributed by atoms with Gasteiger partial charge in [0.2, 0.25) is 5.82 Å². The summed E-state index contributed by atoms with van der Waals surface area (Å²) >= 11 is 0. The number of nitrogens with one attached hydrogen (secondary N) is 1. The van der Waals surface area contributed by atoms with Crippen molar-refractivity contribution in [2.75, 3.05) is 19.5 Å². The summed E-state index contributed by atoms with van der Waals surface area (Å²) in [7, 11) is 3.23. The molecular formula is C16H15N3O3. The number of rotatable bonds is 5. The summed E-state index contributed by atoms with van der Waals surface area (Å²) in [4.78, 5) is 4.32. The predicted octanol–water partition coefficient (Wildman–Crippen LogP) is 3.50. The Balaban J connectivity index is 1.81. The Morgan fingerprint density at radius 3 is 2.45 bits per heavy atom. The largest absolute Gasteiger partial charge is 0.497 e. The van der Waals surface area contributed by atoms with E-state index in [1.807, 2.05) is 48.5 Å². The van der Waals surface area contributed by atoms with Gasteiger partial charge in [-0.25, -0.2) is 0 Å². The lowest BCUT2D eigenvalue weighted by Gasteiger charge is -2.03. The second kappa shape index (κ2) is 6.17. The second-order valence-electron chi connectivity index (χ2n) is 4.51. The number of aromatic nitrogens is 2. The SMILES string of the molecule is COc1cccc(Nc2nc(-c3cccc(OC)c3)no2)c1. The van der Waals surface area contributed by atoms with Crippen LogP contribution in [0.15, 0.2) is 53.1 Å². The van der Waals surface area contributed by atoms with Crippen molar-refractivity contribution in [1.29, 1.82) is 0 Å². The van der Waals surface area contributed by atoms with E-state index in [1.165, 1.54) is 0 Å². The molecule has 0 saturated carbocycles. The molecule has 3 aromatic rings. The molecule has 0 spiro atoms. The summed E-state index contributed by atoms with van der Waals surface area (Å²) < 4.78 is 15.6. The van der Waals surface area contributed by atoms with Gasteiger partial charge < -0.3 is 19.3 Å². The van der Waals surface area contributed by atoms with Crippen LogP contribution in [0.25, 0.3) is 11.4 Å². The first kappa shape index (κ1) is 13.9. The van der Waals surface area contributed by atoms with Crippen LogP contribution in [0.4, 0.5) is 11.7 Å². The molecule has 1 heterocycles. The van der Waals surface area contributed by atoms with Crippen molar-refractivity contribution in [3.63, 3.8) is 0 Å². The van der Waals surface area contributed by atoms with Crippen molar-refractivity contribution < 1.29 is 14.0 Å². The molecule has 22 heavy (non-hydrogen) atoms. The molecule has 6 heteroatoms. The maximum atomic E-state index is 5.22. The lowest BCUT2D eigenvalue weighted by atomic mass is 10.2. The molecule has 0 amide bonds. The van der Waals surface area contributed by atoms with Gasteiger partial charge in [-0.3, -0.25) is 0 Å². The topological polar surface area (TPSA) is 69.4 Å². The molecule has 0 aliphatic rings. The Labute approximate surface area is 127 Å². The van der Waals surface area contributed by atoms with Gasteiger partial charge in [0.25, 0.3) is 0 Å². The second-order valence-corrected chi connectivity index (χ2v) is 4.51. The van der Waals surface area contributed by atoms with Gasteiger partial charge in [0, 0.05) is 17.3 Å². The fraction of sp³-hybridized carbons (Fsp3) is 0.125. The quantitative estimate of drug-likeness (QED) is 0.777. The Morgan fingerprint density at radius 2 is 1.68 bits per heavy atom. The standard InChI is InChI=1S/C16H15N3O3/c1-20-13-7-3-5-11(9-13)15-18-16(22-19-15)17-12-6-4-8-14(10-12)21-2/h3-10H,1-2H3,(H,17,18,19). The van der Waals surface area contributed by atoms with E-state index in [2.05, 4.69) is 15.5 Å². The maximum absolute atomic E-state index is 5.22. The third-order valence-corrected chi connectivity index (χ3v) is 3.07. The van der Waals surface area contributed by atoms with E-state index in [9.17, 15) is 0 Å². The molecule has 0 saturated heterocycles. The molecule has 0 fully saturated rings. The van der Waals surface area contributed by atoms with E-state index in [1.54, 1.807) is 14.2 Å². The van der Waals surface area contributed by atoms with Crippen molar-refractivity contribution in [3.8, 4) is 22.9 Å². The van der Waals surface area contributed by atoms with Gasteiger partial charge >= 0.3 is 6.01 Å². The molecule has 1 N–H and O–H groups in total. The van der Waals surface area contributed by atoms with Crippen molar-refractivity contribution in [2.45, 2.75) is 0 Å². The lowest BCUT2D eigenvalue weighted by molar-refractivity contribution is 0.414. The number of nitrogens with zero attached hydrogens (tertiary/aromatic N) is 2. The monoisotopic (exact) mass is 297 g/mol. The fourth-order valence-corrected chi connectivity index (χ4v) is 1.98. The summed E-state index contributed by atoms with van der Waals surface area (Å²) in [5, 5.41) is 7.01. The van der Waals surface area contributed by atoms with E-state index in [-0.39, 0.29) is 0 Å². The molecule has 112 valence electrons. The van der Waals surface area contributed by atoms with Gasteiger partial charge in [-0.2, -0.15) is 4.98 Å². The molecule has 2 aromatic carbocycles. The molecule has 0 bridgehead atoms. The van der Waals surface area contributed by atoms with E-state index in [0.29, 0.717) is 11.8 Å². The molecule has 0 atom stereocenters. The van der Waals surface area contributed by atoms with Crippen LogP contribution < -0.4 is 14.8 Å². The van der Waals surface area contributed by atoms with Crippen molar-refractivity contribution in [2.24, 2.45) is 0 Å². The normalized spacial score (nSPS) is 10.3. The van der Waals surface area contributed by atoms with E-state index < -0.39 is 0 Å². The van der Waals surface area contributed by atoms with E-state index in [4.69, 9.17) is 14.0 Å². The minimum absolute atomic E-state index is 0.311. The van der Waals surface area contributed by atoms with Gasteiger partial charge in [0.05, 0.1) is 14.2 Å². The maximum Gasteiger partial charge on any atom is 0.326 e. The summed E-state index contributed by atoms with van der Waals surface area (Å²) in [5.74, 6) is 1.98. The number of hydrogen-bond donors (Lipinski definition) is 1. The zero-order valence-corrected chi connectivity index (χ0v) is 12.2. The predicted molar refractivity (Wildman–Crippen MR) is 82.6 cm³/mol. The van der Waals surface area contributed by atoms with Crippen LogP contribution in [0.3, 0.4) is 0 Å². The summed E-state index contributed by atoms with van der Waals surface area (Å²) in [6.07, 6.45) is 0. The van der Waals surface area contributed by atoms with Gasteiger partial charge in [0.1, 0.15) is 11.5 Å². The molecule has 0 aliphatic carbocycles. The number of anilines is 2. The number of ether oxygens (including phenoxy) is 2. The molecule has 0 aliphatic heterocycles. The van der Waals surface area contributed by atoms with Crippen LogP contribution in [-0.4, -0.2) is 24.4 Å². The first-order chi connectivity index (χ1) is 10.8. The van der Waals surface area contributed by atoms with Crippen LogP contribution >= 0.6 is 0 Å². The minimum Gasteiger partial charge on any atom is -0.497 e. The first-order valence-corrected chi connectivity index (χ1v) is 6.67. The highest BCUT2D eigenvalue weighted by Gasteiger charge is 2.09. The summed E-state index contributed by atoms with van der Waals surface area (Å²) in [5.41, 5.74) is 1.63. The van der Waals surface area contributed by atoms with Gasteiger partial charge in [0.15, 0.2) is 0 Å². The van der Waals surface area contributed by atoms with Crippen LogP contribution in [0.2, 0.25) is 0 Å². The van der Waals surface area contributed by atoms with Crippen LogP contribution in [0.5, 0.6) is 11.5 Å². The highest BCUT2D eigenvalue weighted by molar-refractivity contribution is 5.60. The molecular weight excluding hydrogens is 282 g/mol. The van der Waals surface area contributed by atoms with Crippen LogP contribution in [0, 0.1) is 0 Å². The highest BCUT2D eigenvalue weighted by Crippen LogP contribution is 2.24. The van der Waals surface area contributed by atoms with Crippen molar-refractivity contribution >= 4 is 11.7 Å². The fourth-order valence-electron chi connectivity index (χ4n) is 1.98. The number of hydrogen-bond acceptors (Lipinski definition) is 6. The zero-order valence-electron chi connectivity index (χ0n) is 12.2. The lowest BCUT2D eigenvalue weighted by Crippen LogP contribution is -1.91. The molecule has 0 radical (unpaired) electrons. The highest BCUT2D eigenvalue weighted by atomic mass is 16.5. The smallest absolute Gasteiger partial charge is 0.326 e. The third-order valence-electron chi connectivity index (χ3n) is 3.07. The average Bonchev–Trinajstić information content (AvgIpc) is 3.03. The average molecular weight is 297 g/mol. The number of benzene rings is 2. The van der Waals surface area contributed by atoms with E-state index >= 15 is 0 Å². The molecule has 3 rings (SSSR count). The Morgan fingerprint density at radius 1 is 0.955 bits per heavy atom. The van der Waals surface area contributed by atoms with Crippen molar-refractivity contribution in [1.82, 2.24) is 10.1 Å². The zero-order chi connectivity index (χ0) is 15.4. The summed E-state index contributed by atoms with van der Waals surface area (Å²) in [6, 6.07) is 15.3. The number of methoxy groups -OCH3 is 2. The van der Waals surface area contributed by atoms with Gasteiger partial charge in [-0.1, -0.05) is 23.4 Å².